The fourth-order valence-corrected chi connectivity index (χ4v) is 3.60. The monoisotopic (exact) mass is 335 g/mol. The molecule has 0 saturated carbocycles. The molecule has 0 bridgehead atoms. The highest BCUT2D eigenvalue weighted by Gasteiger charge is 2.31. The fraction of sp³-hybridized carbons (Fsp3) is 0.316. The fourth-order valence-electron chi connectivity index (χ4n) is 3.60. The molecule has 0 N–H and O–H groups in total. The Hall–Kier alpha value is -2.89. The molecule has 6 heteroatoms. The van der Waals surface area contributed by atoms with Crippen LogP contribution in [-0.4, -0.2) is 43.0 Å². The van der Waals surface area contributed by atoms with Crippen molar-refractivity contribution in [2.45, 2.75) is 19.4 Å². The second-order valence-corrected chi connectivity index (χ2v) is 6.53. The first-order valence-electron chi connectivity index (χ1n) is 8.50. The van der Waals surface area contributed by atoms with Crippen molar-refractivity contribution in [3.8, 4) is 11.4 Å². The molecule has 1 aliphatic heterocycles. The van der Waals surface area contributed by atoms with Gasteiger partial charge in [0.1, 0.15) is 11.5 Å². The Balaban J connectivity index is 1.60. The number of carbonyl (C=O) groups is 1. The highest BCUT2D eigenvalue weighted by Crippen LogP contribution is 2.30. The summed E-state index contributed by atoms with van der Waals surface area (Å²) in [5.41, 5.74) is 2.84. The zero-order valence-corrected chi connectivity index (χ0v) is 14.5. The standard InChI is InChI=1S/C19H21N5O/c1-14-11-21-18(15-5-3-8-20-12-15)24(14)16-7-10-23(13-16)19(25)17-6-4-9-22(17)2/h3-6,8-9,11-12,16H,7,10,13H2,1-2H3. The predicted octanol–water partition coefficient (Wildman–Crippen LogP) is 2.68. The Bertz CT molecular complexity index is 896. The van der Waals surface area contributed by atoms with E-state index in [1.54, 1.807) is 6.20 Å². The minimum absolute atomic E-state index is 0.0932. The number of aromatic nitrogens is 4. The molecule has 0 spiro atoms. The minimum Gasteiger partial charge on any atom is -0.347 e. The molecule has 1 atom stereocenters. The van der Waals surface area contributed by atoms with Crippen molar-refractivity contribution >= 4 is 5.91 Å². The Morgan fingerprint density at radius 1 is 1.24 bits per heavy atom. The van der Waals surface area contributed by atoms with E-state index in [0.29, 0.717) is 6.54 Å². The molecule has 4 rings (SSSR count). The summed E-state index contributed by atoms with van der Waals surface area (Å²) in [6.45, 7) is 3.53. The van der Waals surface area contributed by atoms with Gasteiger partial charge < -0.3 is 14.0 Å². The molecule has 6 nitrogen and oxygen atoms in total. The van der Waals surface area contributed by atoms with Crippen LogP contribution in [0, 0.1) is 6.92 Å². The largest absolute Gasteiger partial charge is 0.347 e. The number of hydrogen-bond donors (Lipinski definition) is 0. The number of pyridine rings is 1. The predicted molar refractivity (Wildman–Crippen MR) is 95.2 cm³/mol. The van der Waals surface area contributed by atoms with Gasteiger partial charge in [0.2, 0.25) is 0 Å². The summed E-state index contributed by atoms with van der Waals surface area (Å²) in [4.78, 5) is 23.5. The topological polar surface area (TPSA) is 56.0 Å². The smallest absolute Gasteiger partial charge is 0.270 e. The van der Waals surface area contributed by atoms with Crippen molar-refractivity contribution in [1.29, 1.82) is 0 Å². The summed E-state index contributed by atoms with van der Waals surface area (Å²) in [5.74, 6) is 1.01. The van der Waals surface area contributed by atoms with Gasteiger partial charge in [-0.3, -0.25) is 9.78 Å². The van der Waals surface area contributed by atoms with Crippen LogP contribution in [0.2, 0.25) is 0 Å². The molecule has 128 valence electrons. The van der Waals surface area contributed by atoms with Crippen LogP contribution < -0.4 is 0 Å². The third-order valence-corrected chi connectivity index (χ3v) is 4.88. The van der Waals surface area contributed by atoms with E-state index >= 15 is 0 Å². The highest BCUT2D eigenvalue weighted by molar-refractivity contribution is 5.93. The average molecular weight is 335 g/mol. The van der Waals surface area contributed by atoms with Gasteiger partial charge in [-0.2, -0.15) is 0 Å². The summed E-state index contributed by atoms with van der Waals surface area (Å²) in [5, 5.41) is 0. The van der Waals surface area contributed by atoms with Crippen molar-refractivity contribution < 1.29 is 4.79 Å². The Morgan fingerprint density at radius 2 is 2.12 bits per heavy atom. The van der Waals surface area contributed by atoms with Crippen LogP contribution in [0.15, 0.2) is 49.1 Å². The van der Waals surface area contributed by atoms with Gasteiger partial charge in [-0.15, -0.1) is 0 Å². The number of amides is 1. The van der Waals surface area contributed by atoms with Crippen molar-refractivity contribution in [3.05, 3.63) is 60.4 Å². The van der Waals surface area contributed by atoms with E-state index in [1.807, 2.05) is 59.4 Å². The van der Waals surface area contributed by atoms with Crippen LogP contribution >= 0.6 is 0 Å². The third kappa shape index (κ3) is 2.73. The van der Waals surface area contributed by atoms with Crippen molar-refractivity contribution in [3.63, 3.8) is 0 Å². The van der Waals surface area contributed by atoms with E-state index in [-0.39, 0.29) is 11.9 Å². The molecule has 4 heterocycles. The summed E-state index contributed by atoms with van der Waals surface area (Å²) in [6.07, 6.45) is 8.32. The maximum atomic E-state index is 12.8. The maximum Gasteiger partial charge on any atom is 0.270 e. The first-order chi connectivity index (χ1) is 12.1. The van der Waals surface area contributed by atoms with Gasteiger partial charge in [-0.25, -0.2) is 4.98 Å². The van der Waals surface area contributed by atoms with Crippen molar-refractivity contribution in [2.75, 3.05) is 13.1 Å². The Morgan fingerprint density at radius 3 is 2.84 bits per heavy atom. The number of carbonyl (C=O) groups excluding carboxylic acids is 1. The first-order valence-corrected chi connectivity index (χ1v) is 8.50. The molecule has 3 aromatic heterocycles. The number of aryl methyl sites for hydroxylation is 2. The van der Waals surface area contributed by atoms with Gasteiger partial charge >= 0.3 is 0 Å². The first kappa shape index (κ1) is 15.6. The number of likely N-dealkylation sites (tertiary alicyclic amines) is 1. The molecule has 1 aliphatic rings. The molecule has 0 radical (unpaired) electrons. The molecule has 25 heavy (non-hydrogen) atoms. The normalized spacial score (nSPS) is 17.2. The van der Waals surface area contributed by atoms with Gasteiger partial charge in [0.25, 0.3) is 5.91 Å². The molecule has 1 fully saturated rings. The Kier molecular flexibility index (Phi) is 3.87. The van der Waals surface area contributed by atoms with E-state index in [2.05, 4.69) is 21.5 Å². The van der Waals surface area contributed by atoms with Gasteiger partial charge in [-0.1, -0.05) is 0 Å². The van der Waals surface area contributed by atoms with Gasteiger partial charge in [0, 0.05) is 56.2 Å². The van der Waals surface area contributed by atoms with Gasteiger partial charge in [0.05, 0.1) is 6.04 Å². The highest BCUT2D eigenvalue weighted by atomic mass is 16.2. The van der Waals surface area contributed by atoms with Gasteiger partial charge in [-0.05, 0) is 37.6 Å². The van der Waals surface area contributed by atoms with Crippen LogP contribution in [0.1, 0.15) is 28.6 Å². The average Bonchev–Trinajstić information content (AvgIpc) is 3.34. The summed E-state index contributed by atoms with van der Waals surface area (Å²) >= 11 is 0. The lowest BCUT2D eigenvalue weighted by Gasteiger charge is -2.20. The van der Waals surface area contributed by atoms with Gasteiger partial charge in [0.15, 0.2) is 0 Å². The molecule has 1 unspecified atom stereocenters. The molecule has 1 amide bonds. The van der Waals surface area contributed by atoms with E-state index in [9.17, 15) is 4.79 Å². The zero-order chi connectivity index (χ0) is 17.4. The van der Waals surface area contributed by atoms with Crippen molar-refractivity contribution in [1.82, 2.24) is 24.0 Å². The van der Waals surface area contributed by atoms with E-state index < -0.39 is 0 Å². The summed E-state index contributed by atoms with van der Waals surface area (Å²) < 4.78 is 4.12. The minimum atomic E-state index is 0.0932. The second kappa shape index (κ2) is 6.20. The van der Waals surface area contributed by atoms with E-state index in [1.165, 1.54) is 0 Å². The van der Waals surface area contributed by atoms with Crippen LogP contribution in [0.5, 0.6) is 0 Å². The Labute approximate surface area is 146 Å². The number of rotatable bonds is 3. The van der Waals surface area contributed by atoms with E-state index in [0.717, 1.165) is 35.7 Å². The zero-order valence-electron chi connectivity index (χ0n) is 14.5. The van der Waals surface area contributed by atoms with Crippen LogP contribution in [0.25, 0.3) is 11.4 Å². The SMILES string of the molecule is Cc1cnc(-c2cccnc2)n1C1CCN(C(=O)c2cccn2C)C1. The lowest BCUT2D eigenvalue weighted by molar-refractivity contribution is 0.0778. The molecular weight excluding hydrogens is 314 g/mol. The molecule has 0 aromatic carbocycles. The van der Waals surface area contributed by atoms with E-state index in [4.69, 9.17) is 0 Å². The summed E-state index contributed by atoms with van der Waals surface area (Å²) in [7, 11) is 1.90. The number of nitrogens with zero attached hydrogens (tertiary/aromatic N) is 5. The quantitative estimate of drug-likeness (QED) is 0.739. The lowest BCUT2D eigenvalue weighted by Crippen LogP contribution is -2.30. The second-order valence-electron chi connectivity index (χ2n) is 6.53. The maximum absolute atomic E-state index is 12.8. The van der Waals surface area contributed by atoms with Crippen LogP contribution in [-0.2, 0) is 7.05 Å². The number of imidazole rings is 1. The van der Waals surface area contributed by atoms with Crippen LogP contribution in [0.3, 0.4) is 0 Å². The molecule has 1 saturated heterocycles. The lowest BCUT2D eigenvalue weighted by atomic mass is 10.2. The third-order valence-electron chi connectivity index (χ3n) is 4.88. The molecular formula is C19H21N5O. The molecule has 0 aliphatic carbocycles. The summed E-state index contributed by atoms with van der Waals surface area (Å²) in [6, 6.07) is 7.96. The van der Waals surface area contributed by atoms with Crippen molar-refractivity contribution in [2.24, 2.45) is 7.05 Å². The van der Waals surface area contributed by atoms with Crippen LogP contribution in [0.4, 0.5) is 0 Å². The number of hydrogen-bond acceptors (Lipinski definition) is 3. The molecule has 3 aromatic rings.